The van der Waals surface area contributed by atoms with Crippen molar-refractivity contribution in [3.63, 3.8) is 0 Å². The summed E-state index contributed by atoms with van der Waals surface area (Å²) in [4.78, 5) is 4.14. The van der Waals surface area contributed by atoms with Crippen LogP contribution in [0.3, 0.4) is 0 Å². The topological polar surface area (TPSA) is 68.4 Å². The predicted octanol–water partition coefficient (Wildman–Crippen LogP) is 3.38. The van der Waals surface area contributed by atoms with E-state index in [9.17, 15) is 5.11 Å². The molecule has 0 amide bonds. The molecule has 1 unspecified atom stereocenters. The third-order valence-electron chi connectivity index (χ3n) is 4.89. The Morgan fingerprint density at radius 1 is 1.33 bits per heavy atom. The maximum Gasteiger partial charge on any atom is 0.129 e. The van der Waals surface area contributed by atoms with Crippen LogP contribution in [0.25, 0.3) is 0 Å². The van der Waals surface area contributed by atoms with Crippen LogP contribution in [0, 0.1) is 12.3 Å². The molecule has 2 rings (SSSR count). The fourth-order valence-corrected chi connectivity index (χ4v) is 3.34. The Morgan fingerprint density at radius 2 is 1.95 bits per heavy atom. The van der Waals surface area contributed by atoms with Gasteiger partial charge in [-0.15, -0.1) is 0 Å². The van der Waals surface area contributed by atoms with Crippen molar-refractivity contribution >= 4 is 5.82 Å². The molecule has 1 fully saturated rings. The highest BCUT2D eigenvalue weighted by molar-refractivity contribution is 5.46. The van der Waals surface area contributed by atoms with Gasteiger partial charge in [-0.1, -0.05) is 13.8 Å². The highest BCUT2D eigenvalue weighted by Gasteiger charge is 2.45. The van der Waals surface area contributed by atoms with Gasteiger partial charge in [0.1, 0.15) is 11.9 Å². The molecule has 1 aromatic rings. The molecule has 0 aliphatic heterocycles. The monoisotopic (exact) mass is 292 g/mol. The lowest BCUT2D eigenvalue weighted by Gasteiger charge is -2.46. The average molecular weight is 292 g/mol. The number of anilines is 1. The number of nitrogen functional groups attached to an aromatic ring is 1. The zero-order chi connectivity index (χ0) is 15.7. The van der Waals surface area contributed by atoms with Gasteiger partial charge < -0.3 is 15.6 Å². The van der Waals surface area contributed by atoms with E-state index in [-0.39, 0.29) is 0 Å². The van der Waals surface area contributed by atoms with Crippen LogP contribution in [-0.4, -0.2) is 22.3 Å². The summed E-state index contributed by atoms with van der Waals surface area (Å²) < 4.78 is 6.06. The molecule has 1 heterocycles. The van der Waals surface area contributed by atoms with Gasteiger partial charge in [0.25, 0.3) is 0 Å². The second-order valence-corrected chi connectivity index (χ2v) is 6.99. The van der Waals surface area contributed by atoms with Crippen molar-refractivity contribution in [1.82, 2.24) is 4.98 Å². The van der Waals surface area contributed by atoms with Crippen molar-refractivity contribution in [2.45, 2.75) is 65.1 Å². The van der Waals surface area contributed by atoms with Crippen LogP contribution in [-0.2, 0) is 4.74 Å². The summed E-state index contributed by atoms with van der Waals surface area (Å²) in [5, 5.41) is 11.0. The van der Waals surface area contributed by atoms with Crippen molar-refractivity contribution in [3.05, 3.63) is 23.4 Å². The molecule has 0 radical (unpaired) electrons. The fourth-order valence-electron chi connectivity index (χ4n) is 3.34. The van der Waals surface area contributed by atoms with Crippen LogP contribution < -0.4 is 5.73 Å². The molecular formula is C17H28N2O2. The van der Waals surface area contributed by atoms with Crippen molar-refractivity contribution < 1.29 is 9.84 Å². The maximum absolute atomic E-state index is 11.0. The van der Waals surface area contributed by atoms with E-state index in [1.807, 2.05) is 19.9 Å². The average Bonchev–Trinajstić information content (AvgIpc) is 2.41. The molecule has 4 heteroatoms. The van der Waals surface area contributed by atoms with Crippen molar-refractivity contribution in [3.8, 4) is 0 Å². The minimum Gasteiger partial charge on any atom is -0.385 e. The Labute approximate surface area is 127 Å². The van der Waals surface area contributed by atoms with Crippen molar-refractivity contribution in [2.75, 3.05) is 12.3 Å². The molecule has 3 N–H and O–H groups in total. The minimum absolute atomic E-state index is 0.315. The number of aliphatic hydroxyl groups is 1. The lowest BCUT2D eigenvalue weighted by Crippen LogP contribution is -2.45. The molecule has 4 nitrogen and oxygen atoms in total. The number of nitrogens with two attached hydrogens (primary N) is 1. The van der Waals surface area contributed by atoms with Crippen LogP contribution in [0.15, 0.2) is 12.3 Å². The molecule has 1 saturated carbocycles. The standard InChI is InChI=1S/C17H28N2O2/c1-5-21-17(9-7-16(3,4)8-10-17)14(20)13-12(2)6-11-19-15(13)18/h6,11,14,20H,5,7-10H2,1-4H3,(H2,18,19). The van der Waals surface area contributed by atoms with Crippen LogP contribution in [0.1, 0.15) is 63.7 Å². The first-order chi connectivity index (χ1) is 9.81. The van der Waals surface area contributed by atoms with Gasteiger partial charge in [0, 0.05) is 18.4 Å². The number of aliphatic hydroxyl groups excluding tert-OH is 1. The molecule has 1 aliphatic carbocycles. The number of ether oxygens (including phenoxy) is 1. The molecule has 0 aromatic carbocycles. The molecule has 0 saturated heterocycles. The van der Waals surface area contributed by atoms with Crippen LogP contribution in [0.5, 0.6) is 0 Å². The highest BCUT2D eigenvalue weighted by Crippen LogP contribution is 2.48. The van der Waals surface area contributed by atoms with Gasteiger partial charge in [-0.05, 0) is 56.6 Å². The Hall–Kier alpha value is -1.13. The molecule has 1 atom stereocenters. The second-order valence-electron chi connectivity index (χ2n) is 6.99. The smallest absolute Gasteiger partial charge is 0.129 e. The third kappa shape index (κ3) is 3.22. The van der Waals surface area contributed by atoms with E-state index in [1.54, 1.807) is 6.20 Å². The summed E-state index contributed by atoms with van der Waals surface area (Å²) in [7, 11) is 0. The number of hydrogen-bond acceptors (Lipinski definition) is 4. The van der Waals surface area contributed by atoms with Crippen LogP contribution in [0.2, 0.25) is 0 Å². The molecule has 0 bridgehead atoms. The van der Waals surface area contributed by atoms with Crippen LogP contribution >= 0.6 is 0 Å². The molecule has 0 spiro atoms. The summed E-state index contributed by atoms with van der Waals surface area (Å²) in [6.45, 7) is 9.09. The zero-order valence-corrected chi connectivity index (χ0v) is 13.6. The summed E-state index contributed by atoms with van der Waals surface area (Å²) in [6.07, 6.45) is 4.75. The lowest BCUT2D eigenvalue weighted by atomic mass is 9.68. The number of pyridine rings is 1. The summed E-state index contributed by atoms with van der Waals surface area (Å²) in [5.74, 6) is 0.409. The number of nitrogens with zero attached hydrogens (tertiary/aromatic N) is 1. The first-order valence-electron chi connectivity index (χ1n) is 7.84. The molecule has 1 aliphatic rings. The summed E-state index contributed by atoms with van der Waals surface area (Å²) in [6, 6.07) is 1.89. The van der Waals surface area contributed by atoms with Gasteiger partial charge in [-0.2, -0.15) is 0 Å². The summed E-state index contributed by atoms with van der Waals surface area (Å²) >= 11 is 0. The highest BCUT2D eigenvalue weighted by atomic mass is 16.5. The zero-order valence-electron chi connectivity index (χ0n) is 13.6. The number of rotatable bonds is 4. The van der Waals surface area contributed by atoms with E-state index in [0.29, 0.717) is 17.8 Å². The number of aromatic nitrogens is 1. The molecular weight excluding hydrogens is 264 g/mol. The van der Waals surface area contributed by atoms with E-state index in [2.05, 4.69) is 18.8 Å². The lowest BCUT2D eigenvalue weighted by molar-refractivity contribution is -0.153. The third-order valence-corrected chi connectivity index (χ3v) is 4.89. The predicted molar refractivity (Wildman–Crippen MR) is 85.0 cm³/mol. The van der Waals surface area contributed by atoms with Crippen LogP contribution in [0.4, 0.5) is 5.82 Å². The molecule has 21 heavy (non-hydrogen) atoms. The Morgan fingerprint density at radius 3 is 2.48 bits per heavy atom. The first kappa shape index (κ1) is 16.2. The van der Waals surface area contributed by atoms with E-state index in [1.165, 1.54) is 0 Å². The van der Waals surface area contributed by atoms with Gasteiger partial charge in [0.2, 0.25) is 0 Å². The van der Waals surface area contributed by atoms with Gasteiger partial charge in [0.15, 0.2) is 0 Å². The largest absolute Gasteiger partial charge is 0.385 e. The SMILES string of the molecule is CCOC1(C(O)c2c(C)ccnc2N)CCC(C)(C)CC1. The quantitative estimate of drug-likeness (QED) is 0.892. The Kier molecular flexibility index (Phi) is 4.59. The van der Waals surface area contributed by atoms with E-state index in [0.717, 1.165) is 36.8 Å². The van der Waals surface area contributed by atoms with E-state index < -0.39 is 11.7 Å². The molecule has 118 valence electrons. The van der Waals surface area contributed by atoms with E-state index >= 15 is 0 Å². The van der Waals surface area contributed by atoms with Gasteiger partial charge in [-0.3, -0.25) is 0 Å². The Balaban J connectivity index is 2.34. The molecule has 1 aromatic heterocycles. The summed E-state index contributed by atoms with van der Waals surface area (Å²) in [5.41, 5.74) is 7.49. The number of hydrogen-bond donors (Lipinski definition) is 2. The van der Waals surface area contributed by atoms with Crippen molar-refractivity contribution in [1.29, 1.82) is 0 Å². The maximum atomic E-state index is 11.0. The Bertz CT molecular complexity index is 469. The normalized spacial score (nSPS) is 22.0. The minimum atomic E-state index is -0.720. The number of aryl methyl sites for hydroxylation is 1. The second kappa shape index (κ2) is 5.93. The van der Waals surface area contributed by atoms with Gasteiger partial charge in [-0.25, -0.2) is 4.98 Å². The fraction of sp³-hybridized carbons (Fsp3) is 0.706. The van der Waals surface area contributed by atoms with Gasteiger partial charge in [0.05, 0.1) is 5.60 Å². The first-order valence-corrected chi connectivity index (χ1v) is 7.84. The van der Waals surface area contributed by atoms with Crippen molar-refractivity contribution in [2.24, 2.45) is 5.41 Å². The van der Waals surface area contributed by atoms with Gasteiger partial charge >= 0.3 is 0 Å². The van der Waals surface area contributed by atoms with E-state index in [4.69, 9.17) is 10.5 Å².